The lowest BCUT2D eigenvalue weighted by atomic mass is 9.83. The van der Waals surface area contributed by atoms with Crippen LogP contribution < -0.4 is 5.32 Å². The third-order valence-electron chi connectivity index (χ3n) is 4.99. The number of amides is 1. The monoisotopic (exact) mass is 395 g/mol. The van der Waals surface area contributed by atoms with Crippen LogP contribution in [0.15, 0.2) is 53.1 Å². The lowest BCUT2D eigenvalue weighted by Gasteiger charge is -2.23. The summed E-state index contributed by atoms with van der Waals surface area (Å²) in [4.78, 5) is 26.2. The Balaban J connectivity index is 1.66. The van der Waals surface area contributed by atoms with E-state index < -0.39 is 0 Å². The molecule has 1 N–H and O–H groups in total. The Morgan fingerprint density at radius 3 is 2.75 bits per heavy atom. The van der Waals surface area contributed by atoms with E-state index in [2.05, 4.69) is 29.6 Å². The van der Waals surface area contributed by atoms with E-state index in [1.165, 1.54) is 23.2 Å². The van der Waals surface area contributed by atoms with Crippen LogP contribution in [0, 0.1) is 0 Å². The average molecular weight is 395 g/mol. The van der Waals surface area contributed by atoms with Crippen molar-refractivity contribution in [3.05, 3.63) is 76.1 Å². The second-order valence-corrected chi connectivity index (χ2v) is 7.82. The molecule has 1 atom stereocenters. The number of benzene rings is 1. The van der Waals surface area contributed by atoms with Crippen LogP contribution in [0.2, 0.25) is 0 Å². The van der Waals surface area contributed by atoms with Gasteiger partial charge >= 0.3 is 5.97 Å². The number of ether oxygens (including phenoxy) is 1. The lowest BCUT2D eigenvalue weighted by molar-refractivity contribution is 0.0526. The van der Waals surface area contributed by atoms with Crippen LogP contribution in [-0.2, 0) is 17.6 Å². The van der Waals surface area contributed by atoms with Crippen LogP contribution in [-0.4, -0.2) is 18.5 Å². The van der Waals surface area contributed by atoms with Gasteiger partial charge in [-0.25, -0.2) is 4.79 Å². The van der Waals surface area contributed by atoms with E-state index in [1.807, 2.05) is 6.07 Å². The number of furan rings is 1. The molecule has 0 radical (unpaired) electrons. The van der Waals surface area contributed by atoms with Gasteiger partial charge in [-0.05, 0) is 55.4 Å². The van der Waals surface area contributed by atoms with E-state index in [4.69, 9.17) is 9.15 Å². The number of hydrogen-bond donors (Lipinski definition) is 1. The number of thiophene rings is 1. The number of esters is 1. The highest BCUT2D eigenvalue weighted by molar-refractivity contribution is 7.17. The van der Waals surface area contributed by atoms with Gasteiger partial charge in [0.25, 0.3) is 5.91 Å². The Kier molecular flexibility index (Phi) is 5.30. The van der Waals surface area contributed by atoms with Crippen LogP contribution in [0.25, 0.3) is 0 Å². The zero-order chi connectivity index (χ0) is 19.5. The highest BCUT2D eigenvalue weighted by Gasteiger charge is 2.31. The number of rotatable bonds is 5. The van der Waals surface area contributed by atoms with Crippen molar-refractivity contribution >= 4 is 28.2 Å². The normalized spacial score (nSPS) is 15.7. The SMILES string of the molecule is CCOC(=O)c1c(NC(=O)c2ccco2)sc2c1CCC(c1ccccc1)C2. The summed E-state index contributed by atoms with van der Waals surface area (Å²) in [6.45, 7) is 2.07. The third-order valence-corrected chi connectivity index (χ3v) is 6.16. The number of hydrogen-bond acceptors (Lipinski definition) is 5. The molecule has 1 aliphatic carbocycles. The summed E-state index contributed by atoms with van der Waals surface area (Å²) in [5.41, 5.74) is 2.80. The fourth-order valence-corrected chi connectivity index (χ4v) is 4.99. The summed E-state index contributed by atoms with van der Waals surface area (Å²) in [5, 5.41) is 3.39. The molecule has 0 saturated heterocycles. The maximum atomic E-state index is 12.6. The molecule has 0 saturated carbocycles. The van der Waals surface area contributed by atoms with E-state index >= 15 is 0 Å². The first-order valence-electron chi connectivity index (χ1n) is 9.38. The fraction of sp³-hybridized carbons (Fsp3) is 0.273. The van der Waals surface area contributed by atoms with Gasteiger partial charge in [-0.1, -0.05) is 30.3 Å². The van der Waals surface area contributed by atoms with Crippen LogP contribution in [0.3, 0.4) is 0 Å². The van der Waals surface area contributed by atoms with Crippen molar-refractivity contribution in [2.24, 2.45) is 0 Å². The van der Waals surface area contributed by atoms with Gasteiger partial charge in [0, 0.05) is 4.88 Å². The van der Waals surface area contributed by atoms with E-state index in [-0.39, 0.29) is 17.6 Å². The quantitative estimate of drug-likeness (QED) is 0.614. The van der Waals surface area contributed by atoms with Gasteiger partial charge in [-0.15, -0.1) is 11.3 Å². The van der Waals surface area contributed by atoms with Crippen LogP contribution in [0.4, 0.5) is 5.00 Å². The highest BCUT2D eigenvalue weighted by Crippen LogP contribution is 2.42. The molecule has 3 aromatic rings. The van der Waals surface area contributed by atoms with Crippen LogP contribution in [0.5, 0.6) is 0 Å². The molecule has 144 valence electrons. The van der Waals surface area contributed by atoms with Gasteiger partial charge < -0.3 is 14.5 Å². The standard InChI is InChI=1S/C22H21NO4S/c1-2-26-22(25)19-16-11-10-15(14-7-4-3-5-8-14)13-18(16)28-21(19)23-20(24)17-9-6-12-27-17/h3-9,12,15H,2,10-11,13H2,1H3,(H,23,24). The minimum Gasteiger partial charge on any atom is -0.462 e. The second kappa shape index (κ2) is 8.02. The van der Waals surface area contributed by atoms with Crippen molar-refractivity contribution in [3.8, 4) is 0 Å². The maximum Gasteiger partial charge on any atom is 0.341 e. The number of carbonyl (C=O) groups is 2. The minimum absolute atomic E-state index is 0.211. The molecular weight excluding hydrogens is 374 g/mol. The van der Waals surface area contributed by atoms with Gasteiger partial charge in [-0.3, -0.25) is 4.79 Å². The Labute approximate surface area is 167 Å². The molecule has 2 aromatic heterocycles. The van der Waals surface area contributed by atoms with Crippen molar-refractivity contribution in [3.63, 3.8) is 0 Å². The molecule has 1 aliphatic rings. The molecule has 0 aliphatic heterocycles. The van der Waals surface area contributed by atoms with Crippen molar-refractivity contribution in [2.45, 2.75) is 32.1 Å². The zero-order valence-corrected chi connectivity index (χ0v) is 16.4. The minimum atomic E-state index is -0.382. The average Bonchev–Trinajstić information content (AvgIpc) is 3.36. The topological polar surface area (TPSA) is 68.5 Å². The molecular formula is C22H21NO4S. The largest absolute Gasteiger partial charge is 0.462 e. The first-order valence-corrected chi connectivity index (χ1v) is 10.2. The molecule has 4 rings (SSSR count). The predicted octanol–water partition coefficient (Wildman–Crippen LogP) is 5.04. The first kappa shape index (κ1) is 18.5. The zero-order valence-electron chi connectivity index (χ0n) is 15.6. The Morgan fingerprint density at radius 2 is 2.04 bits per heavy atom. The maximum absolute atomic E-state index is 12.6. The molecule has 2 heterocycles. The summed E-state index contributed by atoms with van der Waals surface area (Å²) in [7, 11) is 0. The Morgan fingerprint density at radius 1 is 1.21 bits per heavy atom. The molecule has 0 fully saturated rings. The molecule has 5 nitrogen and oxygen atoms in total. The Bertz CT molecular complexity index is 976. The van der Waals surface area contributed by atoms with Crippen LogP contribution in [0.1, 0.15) is 56.2 Å². The predicted molar refractivity (Wildman–Crippen MR) is 108 cm³/mol. The fourth-order valence-electron chi connectivity index (χ4n) is 3.68. The lowest BCUT2D eigenvalue weighted by Crippen LogP contribution is -2.16. The summed E-state index contributed by atoms with van der Waals surface area (Å²) < 4.78 is 10.4. The van der Waals surface area contributed by atoms with Gasteiger partial charge in [0.2, 0.25) is 0 Å². The summed E-state index contributed by atoms with van der Waals surface area (Å²) in [6.07, 6.45) is 4.06. The van der Waals surface area contributed by atoms with Crippen molar-refractivity contribution in [1.29, 1.82) is 0 Å². The van der Waals surface area contributed by atoms with Gasteiger partial charge in [0.15, 0.2) is 5.76 Å². The Hall–Kier alpha value is -2.86. The van der Waals surface area contributed by atoms with E-state index in [0.717, 1.165) is 29.7 Å². The molecule has 1 aromatic carbocycles. The number of nitrogens with one attached hydrogen (secondary N) is 1. The molecule has 1 amide bonds. The smallest absolute Gasteiger partial charge is 0.341 e. The van der Waals surface area contributed by atoms with E-state index in [0.29, 0.717) is 23.1 Å². The molecule has 28 heavy (non-hydrogen) atoms. The van der Waals surface area contributed by atoms with E-state index in [9.17, 15) is 9.59 Å². The molecule has 1 unspecified atom stereocenters. The van der Waals surface area contributed by atoms with Crippen molar-refractivity contribution in [2.75, 3.05) is 11.9 Å². The van der Waals surface area contributed by atoms with Gasteiger partial charge in [0.05, 0.1) is 18.4 Å². The number of carbonyl (C=O) groups excluding carboxylic acids is 2. The first-order chi connectivity index (χ1) is 13.7. The van der Waals surface area contributed by atoms with Crippen LogP contribution >= 0.6 is 11.3 Å². The molecule has 0 bridgehead atoms. The summed E-state index contributed by atoms with van der Waals surface area (Å²) in [5.74, 6) is -0.124. The summed E-state index contributed by atoms with van der Waals surface area (Å²) >= 11 is 1.47. The van der Waals surface area contributed by atoms with Crippen molar-refractivity contribution < 1.29 is 18.7 Å². The molecule has 0 spiro atoms. The van der Waals surface area contributed by atoms with Gasteiger partial charge in [-0.2, -0.15) is 0 Å². The summed E-state index contributed by atoms with van der Waals surface area (Å²) in [6, 6.07) is 13.7. The van der Waals surface area contributed by atoms with Crippen molar-refractivity contribution in [1.82, 2.24) is 0 Å². The third kappa shape index (κ3) is 3.60. The molecule has 6 heteroatoms. The second-order valence-electron chi connectivity index (χ2n) is 6.71. The van der Waals surface area contributed by atoms with Gasteiger partial charge in [0.1, 0.15) is 5.00 Å². The number of fused-ring (bicyclic) bond motifs is 1. The number of anilines is 1. The van der Waals surface area contributed by atoms with E-state index in [1.54, 1.807) is 19.1 Å². The highest BCUT2D eigenvalue weighted by atomic mass is 32.1.